The number of fused-ring (bicyclic) bond motifs is 2. The van der Waals surface area contributed by atoms with E-state index in [0.29, 0.717) is 35.1 Å². The van der Waals surface area contributed by atoms with Crippen LogP contribution in [0.4, 0.5) is 17.1 Å². The van der Waals surface area contributed by atoms with Crippen LogP contribution >= 0.6 is 0 Å². The summed E-state index contributed by atoms with van der Waals surface area (Å²) in [6.07, 6.45) is 0.738. The highest BCUT2D eigenvalue weighted by atomic mass is 16.6. The first-order valence-electron chi connectivity index (χ1n) is 12.6. The van der Waals surface area contributed by atoms with Crippen molar-refractivity contribution in [1.82, 2.24) is 4.98 Å². The van der Waals surface area contributed by atoms with Crippen LogP contribution in [0.25, 0.3) is 16.5 Å². The van der Waals surface area contributed by atoms with Crippen molar-refractivity contribution in [3.63, 3.8) is 0 Å². The van der Waals surface area contributed by atoms with Gasteiger partial charge >= 0.3 is 0 Å². The summed E-state index contributed by atoms with van der Waals surface area (Å²) >= 11 is 0. The minimum Gasteiger partial charge on any atom is -0.466 e. The largest absolute Gasteiger partial charge is 0.466 e. The number of pyridine rings is 1. The van der Waals surface area contributed by atoms with E-state index in [9.17, 15) is 10.1 Å². The molecule has 1 aliphatic heterocycles. The number of nitrogens with two attached hydrogens (primary N) is 2. The van der Waals surface area contributed by atoms with Gasteiger partial charge in [-0.15, -0.1) is 0 Å². The lowest BCUT2D eigenvalue weighted by Crippen LogP contribution is -2.54. The first-order valence-corrected chi connectivity index (χ1v) is 12.6. The summed E-state index contributed by atoms with van der Waals surface area (Å²) in [7, 11) is 0. The molecule has 196 valence electrons. The molecule has 0 radical (unpaired) electrons. The molecule has 9 nitrogen and oxygen atoms in total. The van der Waals surface area contributed by atoms with E-state index in [1.54, 1.807) is 24.3 Å². The summed E-state index contributed by atoms with van der Waals surface area (Å²) in [4.78, 5) is 16.1. The second kappa shape index (κ2) is 9.14. The standard InChI is InChI=1S/C30H27N5O4/c1-17-9-11-19(38-17)15-22-28(25-14-13-21-24(33-25)6-4-8-27(21)35(36)37)29-23(31)5-3-7-26(29)34-30(22,32)16-20-12-10-18(2)39-20/h3-14,34H,15-16,31-32H2,1-2H3. The molecular formula is C30H27N5O4. The zero-order chi connectivity index (χ0) is 27.3. The molecule has 0 aliphatic carbocycles. The molecule has 1 unspecified atom stereocenters. The van der Waals surface area contributed by atoms with Crippen LogP contribution in [0.3, 0.4) is 0 Å². The highest BCUT2D eigenvalue weighted by Crippen LogP contribution is 2.45. The minimum atomic E-state index is -1.08. The maximum Gasteiger partial charge on any atom is 0.278 e. The topological polar surface area (TPSA) is 146 Å². The van der Waals surface area contributed by atoms with Gasteiger partial charge in [-0.1, -0.05) is 12.1 Å². The highest BCUT2D eigenvalue weighted by Gasteiger charge is 2.40. The number of nitrogens with one attached hydrogen (secondary N) is 1. The van der Waals surface area contributed by atoms with E-state index in [-0.39, 0.29) is 5.69 Å². The molecule has 5 N–H and O–H groups in total. The predicted octanol–water partition coefficient (Wildman–Crippen LogP) is 5.90. The van der Waals surface area contributed by atoms with Gasteiger partial charge in [-0.3, -0.25) is 10.1 Å². The number of nitrogen functional groups attached to an aromatic ring is 1. The molecule has 1 aliphatic rings. The number of rotatable bonds is 6. The van der Waals surface area contributed by atoms with Crippen LogP contribution in [0.15, 0.2) is 87.2 Å². The first-order chi connectivity index (χ1) is 18.7. The number of anilines is 2. The molecule has 1 atom stereocenters. The molecule has 3 aromatic heterocycles. The van der Waals surface area contributed by atoms with E-state index in [0.717, 1.165) is 45.4 Å². The van der Waals surface area contributed by atoms with Crippen LogP contribution < -0.4 is 16.8 Å². The van der Waals surface area contributed by atoms with Crippen LogP contribution in [-0.2, 0) is 12.8 Å². The lowest BCUT2D eigenvalue weighted by molar-refractivity contribution is -0.383. The smallest absolute Gasteiger partial charge is 0.278 e. The molecule has 0 spiro atoms. The fourth-order valence-corrected chi connectivity index (χ4v) is 5.37. The van der Waals surface area contributed by atoms with E-state index >= 15 is 0 Å². The van der Waals surface area contributed by atoms with Gasteiger partial charge in [-0.05, 0) is 74.0 Å². The molecular weight excluding hydrogens is 494 g/mol. The normalized spacial score (nSPS) is 16.8. The van der Waals surface area contributed by atoms with Gasteiger partial charge in [0.1, 0.15) is 28.7 Å². The Bertz CT molecular complexity index is 1780. The summed E-state index contributed by atoms with van der Waals surface area (Å²) in [5.74, 6) is 3.04. The fraction of sp³-hybridized carbons (Fsp3) is 0.167. The number of hydrogen-bond donors (Lipinski definition) is 3. The second-order valence-corrected chi connectivity index (χ2v) is 9.90. The van der Waals surface area contributed by atoms with Crippen molar-refractivity contribution in [1.29, 1.82) is 0 Å². The average molecular weight is 522 g/mol. The van der Waals surface area contributed by atoms with Gasteiger partial charge < -0.3 is 25.6 Å². The number of nitrogens with zero attached hydrogens (tertiary/aromatic N) is 2. The van der Waals surface area contributed by atoms with E-state index in [1.165, 1.54) is 6.07 Å². The zero-order valence-corrected chi connectivity index (χ0v) is 21.5. The Kier molecular flexibility index (Phi) is 5.73. The SMILES string of the molecule is Cc1ccc(CC2=C(c3ccc4c([N+](=O)[O-])cccc4n3)c3c(N)cccc3NC2(N)Cc2ccc(C)o2)o1. The Labute approximate surface area is 224 Å². The first kappa shape index (κ1) is 24.4. The van der Waals surface area contributed by atoms with Crippen molar-refractivity contribution < 1.29 is 13.8 Å². The lowest BCUT2D eigenvalue weighted by Gasteiger charge is -2.40. The maximum absolute atomic E-state index is 11.6. The van der Waals surface area contributed by atoms with Gasteiger partial charge in [0.25, 0.3) is 5.69 Å². The quantitative estimate of drug-likeness (QED) is 0.142. The summed E-state index contributed by atoms with van der Waals surface area (Å²) in [5, 5.41) is 15.6. The number of nitro groups is 1. The summed E-state index contributed by atoms with van der Waals surface area (Å²) in [6, 6.07) is 21.7. The minimum absolute atomic E-state index is 0.00148. The summed E-state index contributed by atoms with van der Waals surface area (Å²) in [5.41, 5.74) is 17.5. The molecule has 2 aromatic carbocycles. The highest BCUT2D eigenvalue weighted by molar-refractivity contribution is 5.98. The Morgan fingerprint density at radius 1 is 0.949 bits per heavy atom. The Hall–Kier alpha value is -4.89. The lowest BCUT2D eigenvalue weighted by atomic mass is 9.79. The third-order valence-electron chi connectivity index (χ3n) is 7.10. The van der Waals surface area contributed by atoms with Crippen molar-refractivity contribution in [3.05, 3.63) is 123 Å². The van der Waals surface area contributed by atoms with E-state index in [4.69, 9.17) is 25.3 Å². The monoisotopic (exact) mass is 521 g/mol. The Morgan fingerprint density at radius 3 is 2.36 bits per heavy atom. The summed E-state index contributed by atoms with van der Waals surface area (Å²) < 4.78 is 11.9. The van der Waals surface area contributed by atoms with Crippen LogP contribution in [0.2, 0.25) is 0 Å². The van der Waals surface area contributed by atoms with Crippen LogP contribution in [0.1, 0.15) is 34.3 Å². The molecule has 9 heteroatoms. The number of aromatic nitrogens is 1. The molecule has 0 amide bonds. The van der Waals surface area contributed by atoms with Gasteiger partial charge in [0, 0.05) is 41.4 Å². The van der Waals surface area contributed by atoms with Gasteiger partial charge in [-0.25, -0.2) is 4.98 Å². The van der Waals surface area contributed by atoms with E-state index in [1.807, 2.05) is 56.3 Å². The van der Waals surface area contributed by atoms with Gasteiger partial charge in [0.15, 0.2) is 0 Å². The number of hydrogen-bond acceptors (Lipinski definition) is 8. The third kappa shape index (κ3) is 4.32. The predicted molar refractivity (Wildman–Crippen MR) is 150 cm³/mol. The molecule has 4 heterocycles. The average Bonchev–Trinajstić information content (AvgIpc) is 3.50. The number of aryl methyl sites for hydroxylation is 2. The zero-order valence-electron chi connectivity index (χ0n) is 21.5. The molecule has 0 saturated heterocycles. The van der Waals surface area contributed by atoms with E-state index in [2.05, 4.69) is 5.32 Å². The van der Waals surface area contributed by atoms with Crippen molar-refractivity contribution in [2.75, 3.05) is 11.1 Å². The van der Waals surface area contributed by atoms with Crippen molar-refractivity contribution in [2.24, 2.45) is 5.73 Å². The number of nitro benzene ring substituents is 1. The Morgan fingerprint density at radius 2 is 1.67 bits per heavy atom. The Balaban J connectivity index is 1.63. The van der Waals surface area contributed by atoms with Gasteiger partial charge in [0.05, 0.1) is 21.5 Å². The van der Waals surface area contributed by atoms with Crippen molar-refractivity contribution in [2.45, 2.75) is 32.4 Å². The van der Waals surface area contributed by atoms with Crippen LogP contribution in [-0.4, -0.2) is 15.6 Å². The number of non-ortho nitro benzene ring substituents is 1. The van der Waals surface area contributed by atoms with Crippen LogP contribution in [0, 0.1) is 24.0 Å². The number of furan rings is 2. The molecule has 0 fully saturated rings. The number of benzene rings is 2. The molecule has 39 heavy (non-hydrogen) atoms. The van der Waals surface area contributed by atoms with Crippen molar-refractivity contribution in [3.8, 4) is 0 Å². The second-order valence-electron chi connectivity index (χ2n) is 9.90. The molecule has 0 saturated carbocycles. The third-order valence-corrected chi connectivity index (χ3v) is 7.10. The fourth-order valence-electron chi connectivity index (χ4n) is 5.37. The molecule has 5 aromatic rings. The molecule has 0 bridgehead atoms. The maximum atomic E-state index is 11.6. The van der Waals surface area contributed by atoms with Crippen LogP contribution in [0.5, 0.6) is 0 Å². The summed E-state index contributed by atoms with van der Waals surface area (Å²) in [6.45, 7) is 3.79. The van der Waals surface area contributed by atoms with Gasteiger partial charge in [-0.2, -0.15) is 0 Å². The van der Waals surface area contributed by atoms with Gasteiger partial charge in [0.2, 0.25) is 0 Å². The molecule has 6 rings (SSSR count). The van der Waals surface area contributed by atoms with E-state index < -0.39 is 10.6 Å². The van der Waals surface area contributed by atoms with Crippen molar-refractivity contribution >= 4 is 33.5 Å².